The smallest absolute Gasteiger partial charge is 0.244 e. The maximum atomic E-state index is 12.8. The van der Waals surface area contributed by atoms with Crippen LogP contribution in [0.4, 0.5) is 5.82 Å². The van der Waals surface area contributed by atoms with Gasteiger partial charge in [-0.25, -0.2) is 8.42 Å². The quantitative estimate of drug-likeness (QED) is 0.881. The molecule has 0 bridgehead atoms. The number of nitrogens with one attached hydrogen (secondary N) is 2. The van der Waals surface area contributed by atoms with Crippen LogP contribution in [0.2, 0.25) is 0 Å². The first-order valence-corrected chi connectivity index (χ1v) is 9.23. The van der Waals surface area contributed by atoms with E-state index in [2.05, 4.69) is 15.5 Å². The molecule has 1 aromatic heterocycles. The molecule has 1 amide bonds. The Balaban J connectivity index is 1.81. The zero-order valence-electron chi connectivity index (χ0n) is 13.6. The lowest BCUT2D eigenvalue weighted by Crippen LogP contribution is -2.43. The highest BCUT2D eigenvalue weighted by Gasteiger charge is 2.39. The van der Waals surface area contributed by atoms with Gasteiger partial charge in [0.15, 0.2) is 5.82 Å². The predicted octanol–water partition coefficient (Wildman–Crippen LogP) is 1.82. The Morgan fingerprint density at radius 2 is 2.00 bits per heavy atom. The highest BCUT2D eigenvalue weighted by atomic mass is 32.2. The third-order valence-electron chi connectivity index (χ3n) is 4.09. The van der Waals surface area contributed by atoms with Gasteiger partial charge in [-0.1, -0.05) is 17.7 Å². The van der Waals surface area contributed by atoms with E-state index >= 15 is 0 Å². The van der Waals surface area contributed by atoms with Crippen molar-refractivity contribution in [3.05, 3.63) is 41.6 Å². The van der Waals surface area contributed by atoms with E-state index in [1.165, 1.54) is 4.31 Å². The summed E-state index contributed by atoms with van der Waals surface area (Å²) in [5, 5.41) is 9.38. The van der Waals surface area contributed by atoms with Crippen molar-refractivity contribution < 1.29 is 13.2 Å². The summed E-state index contributed by atoms with van der Waals surface area (Å²) in [6.07, 6.45) is 1.16. The molecule has 2 aromatic rings. The van der Waals surface area contributed by atoms with Crippen molar-refractivity contribution in [2.24, 2.45) is 0 Å². The normalized spacial score (nSPS) is 18.7. The molecule has 8 heteroatoms. The molecule has 7 nitrogen and oxygen atoms in total. The zero-order valence-corrected chi connectivity index (χ0v) is 14.4. The van der Waals surface area contributed by atoms with Crippen LogP contribution in [0, 0.1) is 13.8 Å². The summed E-state index contributed by atoms with van der Waals surface area (Å²) in [7, 11) is -3.69. The van der Waals surface area contributed by atoms with Gasteiger partial charge in [-0.2, -0.15) is 9.40 Å². The number of aromatic amines is 1. The van der Waals surface area contributed by atoms with E-state index < -0.39 is 16.1 Å². The van der Waals surface area contributed by atoms with Crippen LogP contribution >= 0.6 is 0 Å². The van der Waals surface area contributed by atoms with Crippen LogP contribution in [0.1, 0.15) is 24.1 Å². The standard InChI is InChI=1S/C16H20N4O3S/c1-11-5-7-13(8-6-11)24(22,23)20-9-3-4-14(20)16(21)17-15-10-12(2)18-19-15/h5-8,10,14H,3-4,9H2,1-2H3,(H2,17,18,19,21). The number of carbonyl (C=O) groups is 1. The van der Waals surface area contributed by atoms with E-state index in [0.29, 0.717) is 25.2 Å². The molecule has 1 unspecified atom stereocenters. The fourth-order valence-corrected chi connectivity index (χ4v) is 4.48. The predicted molar refractivity (Wildman–Crippen MR) is 90.0 cm³/mol. The third-order valence-corrected chi connectivity index (χ3v) is 6.01. The Bertz CT molecular complexity index is 842. The average Bonchev–Trinajstić information content (AvgIpc) is 3.17. The van der Waals surface area contributed by atoms with E-state index in [4.69, 9.17) is 0 Å². The molecular formula is C16H20N4O3S. The Morgan fingerprint density at radius 3 is 2.62 bits per heavy atom. The summed E-state index contributed by atoms with van der Waals surface area (Å²) in [5.74, 6) is 0.0479. The molecule has 0 saturated carbocycles. The van der Waals surface area contributed by atoms with E-state index in [-0.39, 0.29) is 10.8 Å². The number of hydrogen-bond donors (Lipinski definition) is 2. The number of H-pyrrole nitrogens is 1. The highest BCUT2D eigenvalue weighted by Crippen LogP contribution is 2.27. The fraction of sp³-hybridized carbons (Fsp3) is 0.375. The minimum absolute atomic E-state index is 0.211. The lowest BCUT2D eigenvalue weighted by Gasteiger charge is -2.23. The molecule has 0 aliphatic carbocycles. The van der Waals surface area contributed by atoms with Gasteiger partial charge in [0.1, 0.15) is 6.04 Å². The minimum atomic E-state index is -3.69. The van der Waals surface area contributed by atoms with Crippen molar-refractivity contribution in [3.63, 3.8) is 0 Å². The lowest BCUT2D eigenvalue weighted by molar-refractivity contribution is -0.119. The van der Waals surface area contributed by atoms with Gasteiger partial charge in [0.2, 0.25) is 15.9 Å². The molecule has 1 aromatic carbocycles. The molecule has 1 saturated heterocycles. The van der Waals surface area contributed by atoms with Crippen LogP contribution < -0.4 is 5.32 Å². The van der Waals surface area contributed by atoms with Crippen molar-refractivity contribution >= 4 is 21.7 Å². The molecule has 0 radical (unpaired) electrons. The van der Waals surface area contributed by atoms with Crippen LogP contribution in [-0.2, 0) is 14.8 Å². The van der Waals surface area contributed by atoms with Crippen molar-refractivity contribution in [2.75, 3.05) is 11.9 Å². The number of aromatic nitrogens is 2. The summed E-state index contributed by atoms with van der Waals surface area (Å²) in [6, 6.07) is 7.65. The number of amides is 1. The molecule has 0 spiro atoms. The van der Waals surface area contributed by atoms with Gasteiger partial charge >= 0.3 is 0 Å². The topological polar surface area (TPSA) is 95.2 Å². The number of hydrogen-bond acceptors (Lipinski definition) is 4. The number of anilines is 1. The number of sulfonamides is 1. The van der Waals surface area contributed by atoms with E-state index in [9.17, 15) is 13.2 Å². The van der Waals surface area contributed by atoms with Gasteiger partial charge in [0.25, 0.3) is 0 Å². The van der Waals surface area contributed by atoms with Gasteiger partial charge < -0.3 is 5.32 Å². The maximum absolute atomic E-state index is 12.8. The zero-order chi connectivity index (χ0) is 17.3. The van der Waals surface area contributed by atoms with Crippen LogP contribution in [0.15, 0.2) is 35.2 Å². The molecule has 24 heavy (non-hydrogen) atoms. The molecule has 3 rings (SSSR count). The number of rotatable bonds is 4. The van der Waals surface area contributed by atoms with Crippen molar-refractivity contribution in [3.8, 4) is 0 Å². The third kappa shape index (κ3) is 3.20. The molecule has 1 atom stereocenters. The van der Waals surface area contributed by atoms with Crippen LogP contribution in [-0.4, -0.2) is 41.4 Å². The van der Waals surface area contributed by atoms with Crippen molar-refractivity contribution in [1.82, 2.24) is 14.5 Å². The molecule has 2 N–H and O–H groups in total. The summed E-state index contributed by atoms with van der Waals surface area (Å²) in [5.41, 5.74) is 1.81. The molecule has 1 aliphatic heterocycles. The lowest BCUT2D eigenvalue weighted by atomic mass is 10.2. The summed E-state index contributed by atoms with van der Waals surface area (Å²) in [6.45, 7) is 4.06. The SMILES string of the molecule is Cc1ccc(S(=O)(=O)N2CCCC2C(=O)Nc2cc(C)[nH]n2)cc1. The van der Waals surface area contributed by atoms with Crippen LogP contribution in [0.5, 0.6) is 0 Å². The first-order chi connectivity index (χ1) is 11.4. The Morgan fingerprint density at radius 1 is 1.29 bits per heavy atom. The number of benzene rings is 1. The highest BCUT2D eigenvalue weighted by molar-refractivity contribution is 7.89. The van der Waals surface area contributed by atoms with Crippen LogP contribution in [0.25, 0.3) is 0 Å². The summed E-state index contributed by atoms with van der Waals surface area (Å²) >= 11 is 0. The maximum Gasteiger partial charge on any atom is 0.244 e. The van der Waals surface area contributed by atoms with Crippen molar-refractivity contribution in [1.29, 1.82) is 0 Å². The second-order valence-corrected chi connectivity index (χ2v) is 7.90. The first kappa shape index (κ1) is 16.7. The molecule has 1 fully saturated rings. The van der Waals surface area contributed by atoms with Gasteiger partial charge in [-0.15, -0.1) is 0 Å². The summed E-state index contributed by atoms with van der Waals surface area (Å²) < 4.78 is 27.0. The molecular weight excluding hydrogens is 328 g/mol. The molecule has 1 aliphatic rings. The Kier molecular flexibility index (Phi) is 4.42. The second kappa shape index (κ2) is 6.37. The van der Waals surface area contributed by atoms with Crippen molar-refractivity contribution in [2.45, 2.75) is 37.6 Å². The average molecular weight is 348 g/mol. The van der Waals surface area contributed by atoms with Gasteiger partial charge in [0, 0.05) is 18.3 Å². The van der Waals surface area contributed by atoms with Gasteiger partial charge in [-0.3, -0.25) is 9.89 Å². The Hall–Kier alpha value is -2.19. The van der Waals surface area contributed by atoms with E-state index in [0.717, 1.165) is 11.3 Å². The monoisotopic (exact) mass is 348 g/mol. The number of carbonyl (C=O) groups excluding carboxylic acids is 1. The second-order valence-electron chi connectivity index (χ2n) is 6.01. The van der Waals surface area contributed by atoms with Crippen LogP contribution in [0.3, 0.4) is 0 Å². The minimum Gasteiger partial charge on any atom is -0.308 e. The molecule has 2 heterocycles. The fourth-order valence-electron chi connectivity index (χ4n) is 2.83. The number of aryl methyl sites for hydroxylation is 2. The largest absolute Gasteiger partial charge is 0.308 e. The first-order valence-electron chi connectivity index (χ1n) is 7.79. The summed E-state index contributed by atoms with van der Waals surface area (Å²) in [4.78, 5) is 12.7. The van der Waals surface area contributed by atoms with Gasteiger partial charge in [-0.05, 0) is 38.8 Å². The van der Waals surface area contributed by atoms with E-state index in [1.807, 2.05) is 13.8 Å². The number of nitrogens with zero attached hydrogens (tertiary/aromatic N) is 2. The Labute approximate surface area is 141 Å². The molecule has 128 valence electrons. The van der Waals surface area contributed by atoms with E-state index in [1.54, 1.807) is 30.3 Å². The van der Waals surface area contributed by atoms with Gasteiger partial charge in [0.05, 0.1) is 4.90 Å².